The Bertz CT molecular complexity index is 1010. The Balaban J connectivity index is 1.77. The molecule has 3 rings (SSSR count). The van der Waals surface area contributed by atoms with Crippen molar-refractivity contribution in [2.75, 3.05) is 44.4 Å². The van der Waals surface area contributed by atoms with E-state index >= 15 is 0 Å². The summed E-state index contributed by atoms with van der Waals surface area (Å²) in [5.41, 5.74) is 1.33. The van der Waals surface area contributed by atoms with Crippen LogP contribution in [-0.4, -0.2) is 72.5 Å². The maximum atomic E-state index is 12.0. The number of hydrogen-bond donors (Lipinski definition) is 0. The lowest BCUT2D eigenvalue weighted by Crippen LogP contribution is -2.53. The number of rotatable bonds is 10. The summed E-state index contributed by atoms with van der Waals surface area (Å²) in [7, 11) is 0. The number of hydrogen-bond acceptors (Lipinski definition) is 8. The van der Waals surface area contributed by atoms with Crippen LogP contribution in [0.25, 0.3) is 10.8 Å². The molecule has 0 amide bonds. The van der Waals surface area contributed by atoms with E-state index in [0.717, 1.165) is 52.7 Å². The number of benzene rings is 2. The van der Waals surface area contributed by atoms with Crippen LogP contribution in [0, 0.1) is 0 Å². The molecule has 0 aliphatic carbocycles. The molecule has 1 heterocycles. The first-order chi connectivity index (χ1) is 15.9. The summed E-state index contributed by atoms with van der Waals surface area (Å²) in [4.78, 5) is 31.0. The highest BCUT2D eigenvalue weighted by Gasteiger charge is 2.35. The van der Waals surface area contributed by atoms with Crippen LogP contribution >= 0.6 is 11.8 Å². The van der Waals surface area contributed by atoms with Gasteiger partial charge >= 0.3 is 11.9 Å². The molecule has 176 valence electrons. The van der Waals surface area contributed by atoms with Gasteiger partial charge in [0.05, 0.1) is 5.54 Å². The van der Waals surface area contributed by atoms with Gasteiger partial charge in [-0.25, -0.2) is 9.59 Å². The minimum absolute atomic E-state index is 0.0406. The molecule has 1 fully saturated rings. The van der Waals surface area contributed by atoms with Crippen molar-refractivity contribution in [3.63, 3.8) is 0 Å². The van der Waals surface area contributed by atoms with E-state index in [1.54, 1.807) is 0 Å². The summed E-state index contributed by atoms with van der Waals surface area (Å²) in [5.74, 6) is 0.981. The molecule has 33 heavy (non-hydrogen) atoms. The SMILES string of the molecule is C=CC(=O)OCCOC(=O)CO/N=C(\c1cccc2ccccc12)C(C)(C)N1CCSCC1. The van der Waals surface area contributed by atoms with E-state index in [1.165, 1.54) is 0 Å². The second kappa shape index (κ2) is 11.9. The minimum atomic E-state index is -0.585. The molecular weight excluding hydrogens is 440 g/mol. The van der Waals surface area contributed by atoms with Crippen molar-refractivity contribution >= 4 is 40.2 Å². The van der Waals surface area contributed by atoms with E-state index in [1.807, 2.05) is 36.0 Å². The van der Waals surface area contributed by atoms with Crippen molar-refractivity contribution in [2.24, 2.45) is 5.16 Å². The van der Waals surface area contributed by atoms with Crippen molar-refractivity contribution < 1.29 is 23.9 Å². The van der Waals surface area contributed by atoms with Gasteiger partial charge in [-0.2, -0.15) is 11.8 Å². The number of carbonyl (C=O) groups is 2. The Hall–Kier alpha value is -2.84. The van der Waals surface area contributed by atoms with Gasteiger partial charge in [-0.05, 0) is 24.6 Å². The molecule has 8 heteroatoms. The van der Waals surface area contributed by atoms with Gasteiger partial charge in [0, 0.05) is 36.2 Å². The number of fused-ring (bicyclic) bond motifs is 1. The van der Waals surface area contributed by atoms with Crippen molar-refractivity contribution in [1.29, 1.82) is 0 Å². The summed E-state index contributed by atoms with van der Waals surface area (Å²) < 4.78 is 9.82. The molecule has 0 unspecified atom stereocenters. The average molecular weight is 471 g/mol. The largest absolute Gasteiger partial charge is 0.459 e. The lowest BCUT2D eigenvalue weighted by Gasteiger charge is -2.41. The Labute approximate surface area is 198 Å². The highest BCUT2D eigenvalue weighted by Crippen LogP contribution is 2.29. The van der Waals surface area contributed by atoms with Crippen LogP contribution in [-0.2, 0) is 23.9 Å². The fraction of sp³-hybridized carbons (Fsp3) is 0.400. The molecule has 7 nitrogen and oxygen atoms in total. The molecule has 0 saturated carbocycles. The molecule has 0 spiro atoms. The van der Waals surface area contributed by atoms with Crippen LogP contribution in [0.15, 0.2) is 60.3 Å². The monoisotopic (exact) mass is 470 g/mol. The zero-order valence-electron chi connectivity index (χ0n) is 19.1. The van der Waals surface area contributed by atoms with Crippen LogP contribution in [0.3, 0.4) is 0 Å². The number of carbonyl (C=O) groups excluding carboxylic acids is 2. The van der Waals surface area contributed by atoms with E-state index < -0.39 is 17.5 Å². The fourth-order valence-electron chi connectivity index (χ4n) is 3.74. The van der Waals surface area contributed by atoms with Gasteiger partial charge in [-0.15, -0.1) is 0 Å². The zero-order valence-corrected chi connectivity index (χ0v) is 19.9. The van der Waals surface area contributed by atoms with Gasteiger partial charge < -0.3 is 14.3 Å². The van der Waals surface area contributed by atoms with Gasteiger partial charge in [-0.1, -0.05) is 54.2 Å². The quantitative estimate of drug-likeness (QED) is 0.172. The fourth-order valence-corrected chi connectivity index (χ4v) is 4.65. The first-order valence-electron chi connectivity index (χ1n) is 10.9. The van der Waals surface area contributed by atoms with Gasteiger partial charge in [0.2, 0.25) is 6.61 Å². The summed E-state index contributed by atoms with van der Waals surface area (Å²) in [6.07, 6.45) is 1.05. The Morgan fingerprint density at radius 1 is 1.09 bits per heavy atom. The average Bonchev–Trinajstić information content (AvgIpc) is 2.84. The number of oxime groups is 1. The Morgan fingerprint density at radius 2 is 1.79 bits per heavy atom. The third-order valence-electron chi connectivity index (χ3n) is 5.52. The number of ether oxygens (including phenoxy) is 2. The van der Waals surface area contributed by atoms with Crippen molar-refractivity contribution in [1.82, 2.24) is 4.90 Å². The lowest BCUT2D eigenvalue weighted by atomic mass is 9.87. The van der Waals surface area contributed by atoms with Gasteiger partial charge in [0.25, 0.3) is 0 Å². The number of nitrogens with zero attached hydrogens (tertiary/aromatic N) is 2. The predicted molar refractivity (Wildman–Crippen MR) is 132 cm³/mol. The molecular formula is C25H30N2O5S. The van der Waals surface area contributed by atoms with E-state index in [-0.39, 0.29) is 19.8 Å². The molecule has 0 radical (unpaired) electrons. The van der Waals surface area contributed by atoms with E-state index in [2.05, 4.69) is 48.7 Å². The smallest absolute Gasteiger partial charge is 0.347 e. The second-order valence-corrected chi connectivity index (χ2v) is 9.22. The first-order valence-corrected chi connectivity index (χ1v) is 12.0. The maximum Gasteiger partial charge on any atom is 0.347 e. The van der Waals surface area contributed by atoms with E-state index in [0.29, 0.717) is 0 Å². The predicted octanol–water partition coefficient (Wildman–Crippen LogP) is 3.66. The number of esters is 2. The molecule has 2 aromatic rings. The highest BCUT2D eigenvalue weighted by atomic mass is 32.2. The summed E-state index contributed by atoms with van der Waals surface area (Å²) in [6, 6.07) is 14.3. The van der Waals surface area contributed by atoms with Crippen molar-refractivity contribution in [3.8, 4) is 0 Å². The van der Waals surface area contributed by atoms with Crippen LogP contribution in [0.5, 0.6) is 0 Å². The highest BCUT2D eigenvalue weighted by molar-refractivity contribution is 7.99. The molecule has 0 bridgehead atoms. The molecule has 2 aromatic carbocycles. The van der Waals surface area contributed by atoms with Gasteiger partial charge in [0.15, 0.2) is 0 Å². The molecule has 1 aliphatic heterocycles. The minimum Gasteiger partial charge on any atom is -0.459 e. The Kier molecular flexibility index (Phi) is 8.91. The molecule has 1 aliphatic rings. The molecule has 0 atom stereocenters. The zero-order chi connectivity index (χ0) is 23.7. The normalized spacial score (nSPS) is 15.2. The van der Waals surface area contributed by atoms with Crippen LogP contribution in [0.1, 0.15) is 19.4 Å². The number of thioether (sulfide) groups is 1. The lowest BCUT2D eigenvalue weighted by molar-refractivity contribution is -0.153. The van der Waals surface area contributed by atoms with Crippen molar-refractivity contribution in [2.45, 2.75) is 19.4 Å². The first kappa shape index (κ1) is 24.8. The van der Waals surface area contributed by atoms with Gasteiger partial charge in [-0.3, -0.25) is 4.90 Å². The van der Waals surface area contributed by atoms with E-state index in [9.17, 15) is 9.59 Å². The van der Waals surface area contributed by atoms with Crippen LogP contribution in [0.4, 0.5) is 0 Å². The molecule has 0 N–H and O–H groups in total. The van der Waals surface area contributed by atoms with Gasteiger partial charge in [0.1, 0.15) is 18.9 Å². The second-order valence-electron chi connectivity index (χ2n) is 7.99. The summed E-state index contributed by atoms with van der Waals surface area (Å²) in [6.45, 7) is 9.05. The Morgan fingerprint density at radius 3 is 2.55 bits per heavy atom. The molecule has 1 saturated heterocycles. The summed E-state index contributed by atoms with van der Waals surface area (Å²) in [5, 5.41) is 6.66. The third kappa shape index (κ3) is 6.58. The van der Waals surface area contributed by atoms with Crippen LogP contribution < -0.4 is 0 Å². The third-order valence-corrected chi connectivity index (χ3v) is 6.46. The maximum absolute atomic E-state index is 12.0. The topological polar surface area (TPSA) is 77.4 Å². The summed E-state index contributed by atoms with van der Waals surface area (Å²) >= 11 is 1.95. The standard InChI is InChI=1S/C25H30N2O5S/c1-4-22(28)30-14-15-31-23(29)18-32-26-24(25(2,3)27-12-16-33-17-13-27)21-11-7-9-19-8-5-6-10-20(19)21/h4-11H,1,12-18H2,2-3H3/b26-24+. The van der Waals surface area contributed by atoms with E-state index in [4.69, 9.17) is 14.3 Å². The molecule has 0 aromatic heterocycles. The van der Waals surface area contributed by atoms with Crippen LogP contribution in [0.2, 0.25) is 0 Å². The van der Waals surface area contributed by atoms with Crippen molar-refractivity contribution in [3.05, 3.63) is 60.7 Å².